The monoisotopic (exact) mass is 338 g/mol. The fourth-order valence-corrected chi connectivity index (χ4v) is 6.05. The average Bonchev–Trinajstić information content (AvgIpc) is 2.92. The van der Waals surface area contributed by atoms with Gasteiger partial charge in [0.1, 0.15) is 0 Å². The SMILES string of the molecule is CC(C)[C@@]1(O)CC[C@]2(C)C[C@@H]3[C@H](CO)C[C@@H](O)[C@H]3[C@@](C)(O)CC=C21. The molecule has 4 N–H and O–H groups in total. The summed E-state index contributed by atoms with van der Waals surface area (Å²) in [6, 6.07) is 0. The minimum absolute atomic E-state index is 0.0281. The van der Waals surface area contributed by atoms with Gasteiger partial charge in [-0.3, -0.25) is 0 Å². The minimum Gasteiger partial charge on any atom is -0.396 e. The zero-order valence-corrected chi connectivity index (χ0v) is 15.5. The summed E-state index contributed by atoms with van der Waals surface area (Å²) in [5, 5.41) is 42.7. The summed E-state index contributed by atoms with van der Waals surface area (Å²) in [5.74, 6) is 0.0363. The molecule has 2 fully saturated rings. The molecule has 0 heterocycles. The van der Waals surface area contributed by atoms with Crippen LogP contribution in [0.25, 0.3) is 0 Å². The summed E-state index contributed by atoms with van der Waals surface area (Å²) < 4.78 is 0. The Balaban J connectivity index is 2.06. The molecular weight excluding hydrogens is 304 g/mol. The van der Waals surface area contributed by atoms with Crippen molar-refractivity contribution in [3.8, 4) is 0 Å². The molecule has 3 aliphatic rings. The van der Waals surface area contributed by atoms with E-state index in [4.69, 9.17) is 0 Å². The van der Waals surface area contributed by atoms with Gasteiger partial charge in [-0.2, -0.15) is 0 Å². The molecule has 2 saturated carbocycles. The van der Waals surface area contributed by atoms with Gasteiger partial charge in [0, 0.05) is 12.5 Å². The number of aliphatic hydroxyl groups is 4. The molecule has 4 heteroatoms. The summed E-state index contributed by atoms with van der Waals surface area (Å²) in [4.78, 5) is 0. The zero-order valence-electron chi connectivity index (χ0n) is 15.5. The third kappa shape index (κ3) is 2.57. The number of rotatable bonds is 2. The fraction of sp³-hybridized carbons (Fsp3) is 0.900. The molecule has 0 aliphatic heterocycles. The largest absolute Gasteiger partial charge is 0.396 e. The van der Waals surface area contributed by atoms with Crippen LogP contribution in [0.2, 0.25) is 0 Å². The van der Waals surface area contributed by atoms with Gasteiger partial charge in [0.25, 0.3) is 0 Å². The van der Waals surface area contributed by atoms with E-state index in [1.54, 1.807) is 6.92 Å². The first kappa shape index (κ1) is 18.4. The lowest BCUT2D eigenvalue weighted by atomic mass is 9.63. The van der Waals surface area contributed by atoms with Crippen LogP contribution >= 0.6 is 0 Å². The highest BCUT2D eigenvalue weighted by Gasteiger charge is 2.58. The topological polar surface area (TPSA) is 80.9 Å². The van der Waals surface area contributed by atoms with Crippen LogP contribution in [0.3, 0.4) is 0 Å². The number of hydrogen-bond acceptors (Lipinski definition) is 4. The highest BCUT2D eigenvalue weighted by molar-refractivity contribution is 5.32. The van der Waals surface area contributed by atoms with Crippen molar-refractivity contribution >= 4 is 0 Å². The second-order valence-electron chi connectivity index (χ2n) is 9.46. The van der Waals surface area contributed by atoms with Crippen molar-refractivity contribution < 1.29 is 20.4 Å². The Kier molecular flexibility index (Phi) is 4.44. The third-order valence-electron chi connectivity index (χ3n) is 7.51. The van der Waals surface area contributed by atoms with E-state index in [1.807, 2.05) is 0 Å². The van der Waals surface area contributed by atoms with Gasteiger partial charge in [0.2, 0.25) is 0 Å². The van der Waals surface area contributed by atoms with E-state index in [0.717, 1.165) is 24.8 Å². The van der Waals surface area contributed by atoms with E-state index in [9.17, 15) is 20.4 Å². The van der Waals surface area contributed by atoms with Gasteiger partial charge in [0.15, 0.2) is 0 Å². The Morgan fingerprint density at radius 3 is 2.46 bits per heavy atom. The second-order valence-corrected chi connectivity index (χ2v) is 9.46. The van der Waals surface area contributed by atoms with Crippen LogP contribution in [-0.4, -0.2) is 44.3 Å². The molecule has 0 radical (unpaired) electrons. The van der Waals surface area contributed by atoms with Gasteiger partial charge < -0.3 is 20.4 Å². The Morgan fingerprint density at radius 1 is 1.21 bits per heavy atom. The molecule has 0 aromatic rings. The van der Waals surface area contributed by atoms with Gasteiger partial charge in [-0.25, -0.2) is 0 Å². The van der Waals surface area contributed by atoms with Crippen LogP contribution in [-0.2, 0) is 0 Å². The molecular formula is C20H34O4. The van der Waals surface area contributed by atoms with Crippen molar-refractivity contribution in [2.45, 2.75) is 77.1 Å². The molecule has 0 spiro atoms. The summed E-state index contributed by atoms with van der Waals surface area (Å²) in [7, 11) is 0. The maximum absolute atomic E-state index is 11.3. The number of aliphatic hydroxyl groups excluding tert-OH is 2. The lowest BCUT2D eigenvalue weighted by molar-refractivity contribution is -0.0720. The summed E-state index contributed by atoms with van der Waals surface area (Å²) >= 11 is 0. The highest BCUT2D eigenvalue weighted by atomic mass is 16.3. The van der Waals surface area contributed by atoms with Crippen molar-refractivity contribution in [1.29, 1.82) is 0 Å². The zero-order chi connectivity index (χ0) is 17.9. The summed E-state index contributed by atoms with van der Waals surface area (Å²) in [5.41, 5.74) is -0.857. The predicted octanol–water partition coefficient (Wildman–Crippen LogP) is 2.25. The molecule has 138 valence electrons. The standard InChI is InChI=1S/C20H34O4/c1-12(2)20(24)8-7-18(3)10-14-13(11-21)9-15(22)17(14)19(4,23)6-5-16(18)20/h5,12-15,17,21-24H,6-11H2,1-4H3/t13-,14+,15+,17-,18+,19-,20-/m0/s1. The Bertz CT molecular complexity index is 526. The second kappa shape index (κ2) is 5.80. The van der Waals surface area contributed by atoms with Gasteiger partial charge in [-0.1, -0.05) is 26.8 Å². The highest BCUT2D eigenvalue weighted by Crippen LogP contribution is 2.60. The molecule has 0 aromatic carbocycles. The quantitative estimate of drug-likeness (QED) is 0.582. The Hall–Kier alpha value is -0.420. The maximum atomic E-state index is 11.3. The van der Waals surface area contributed by atoms with E-state index in [-0.39, 0.29) is 35.7 Å². The Labute approximate surface area is 145 Å². The van der Waals surface area contributed by atoms with Crippen LogP contribution in [0.4, 0.5) is 0 Å². The third-order valence-corrected chi connectivity index (χ3v) is 7.51. The molecule has 3 rings (SSSR count). The molecule has 0 unspecified atom stereocenters. The number of hydrogen-bond donors (Lipinski definition) is 4. The van der Waals surface area contributed by atoms with Crippen molar-refractivity contribution in [2.75, 3.05) is 6.61 Å². The molecule has 24 heavy (non-hydrogen) atoms. The first-order valence-electron chi connectivity index (χ1n) is 9.50. The molecule has 4 nitrogen and oxygen atoms in total. The molecule has 0 aromatic heterocycles. The maximum Gasteiger partial charge on any atom is 0.0885 e. The fourth-order valence-electron chi connectivity index (χ4n) is 6.05. The lowest BCUT2D eigenvalue weighted by Crippen LogP contribution is -2.46. The van der Waals surface area contributed by atoms with E-state index in [1.165, 1.54) is 0 Å². The molecule has 3 aliphatic carbocycles. The average molecular weight is 338 g/mol. The van der Waals surface area contributed by atoms with Gasteiger partial charge >= 0.3 is 0 Å². The van der Waals surface area contributed by atoms with Gasteiger partial charge in [0.05, 0.1) is 17.3 Å². The van der Waals surface area contributed by atoms with Crippen molar-refractivity contribution in [1.82, 2.24) is 0 Å². The van der Waals surface area contributed by atoms with Crippen LogP contribution in [0.15, 0.2) is 11.6 Å². The molecule has 0 saturated heterocycles. The van der Waals surface area contributed by atoms with E-state index in [0.29, 0.717) is 12.8 Å². The Morgan fingerprint density at radius 2 is 1.88 bits per heavy atom. The number of fused-ring (bicyclic) bond motifs is 2. The minimum atomic E-state index is -1.01. The summed E-state index contributed by atoms with van der Waals surface area (Å²) in [6.45, 7) is 8.19. The molecule has 0 amide bonds. The van der Waals surface area contributed by atoms with Crippen LogP contribution in [0.1, 0.15) is 59.8 Å². The smallest absolute Gasteiger partial charge is 0.0885 e. The van der Waals surface area contributed by atoms with Gasteiger partial charge in [-0.15, -0.1) is 0 Å². The normalized spacial score (nSPS) is 51.8. The van der Waals surface area contributed by atoms with Crippen molar-refractivity contribution in [3.05, 3.63) is 11.6 Å². The molecule has 7 atom stereocenters. The summed E-state index contributed by atoms with van der Waals surface area (Å²) in [6.07, 6.45) is 4.99. The first-order valence-corrected chi connectivity index (χ1v) is 9.50. The lowest BCUT2D eigenvalue weighted by Gasteiger charge is -2.44. The molecule has 0 bridgehead atoms. The van der Waals surface area contributed by atoms with E-state index >= 15 is 0 Å². The van der Waals surface area contributed by atoms with Crippen LogP contribution < -0.4 is 0 Å². The van der Waals surface area contributed by atoms with Crippen molar-refractivity contribution in [3.63, 3.8) is 0 Å². The first-order chi connectivity index (χ1) is 11.0. The van der Waals surface area contributed by atoms with Gasteiger partial charge in [-0.05, 0) is 67.8 Å². The van der Waals surface area contributed by atoms with Crippen LogP contribution in [0.5, 0.6) is 0 Å². The van der Waals surface area contributed by atoms with E-state index < -0.39 is 17.3 Å². The van der Waals surface area contributed by atoms with E-state index in [2.05, 4.69) is 26.8 Å². The van der Waals surface area contributed by atoms with Crippen molar-refractivity contribution in [2.24, 2.45) is 29.1 Å². The van der Waals surface area contributed by atoms with Crippen LogP contribution in [0, 0.1) is 29.1 Å². The predicted molar refractivity (Wildman–Crippen MR) is 93.2 cm³/mol.